The minimum Gasteiger partial charge on any atom is -0.481 e. The molecule has 0 aliphatic rings. The number of nitrogens with one attached hydrogen (secondary N) is 6. The first-order valence-corrected chi connectivity index (χ1v) is 18.0. The van der Waals surface area contributed by atoms with Crippen molar-refractivity contribution in [2.75, 3.05) is 13.2 Å². The summed E-state index contributed by atoms with van der Waals surface area (Å²) < 4.78 is 0. The van der Waals surface area contributed by atoms with Crippen molar-refractivity contribution >= 4 is 53.3 Å². The zero-order valence-electron chi connectivity index (χ0n) is 31.9. The van der Waals surface area contributed by atoms with Crippen molar-refractivity contribution in [1.29, 1.82) is 0 Å². The van der Waals surface area contributed by atoms with Crippen molar-refractivity contribution in [2.24, 2.45) is 28.1 Å². The highest BCUT2D eigenvalue weighted by molar-refractivity contribution is 5.98. The zero-order chi connectivity index (χ0) is 42.5. The fraction of sp³-hybridized carbons (Fsp3) is 0.571. The molecule has 0 radical (unpaired) electrons. The first-order chi connectivity index (χ1) is 26.2. The molecule has 0 saturated carbocycles. The van der Waals surface area contributed by atoms with Crippen molar-refractivity contribution < 1.29 is 53.7 Å². The van der Waals surface area contributed by atoms with E-state index in [2.05, 4.69) is 36.9 Å². The second kappa shape index (κ2) is 24.6. The van der Waals surface area contributed by atoms with E-state index in [9.17, 15) is 53.7 Å². The number of guanidine groups is 1. The monoisotopic (exact) mass is 792 g/mol. The lowest BCUT2D eigenvalue weighted by Gasteiger charge is -2.27. The number of aliphatic imine (C=N–C) groups is 1. The highest BCUT2D eigenvalue weighted by Gasteiger charge is 2.33. The molecular weight excluding hydrogens is 736 g/mol. The number of unbranched alkanes of at least 4 members (excludes halogenated alkanes) is 1. The van der Waals surface area contributed by atoms with Crippen LogP contribution in [0.2, 0.25) is 0 Å². The van der Waals surface area contributed by atoms with Gasteiger partial charge in [0.05, 0.1) is 19.1 Å². The highest BCUT2D eigenvalue weighted by atomic mass is 16.4. The predicted molar refractivity (Wildman–Crippen MR) is 202 cm³/mol. The molecule has 15 N–H and O–H groups in total. The van der Waals surface area contributed by atoms with E-state index in [1.807, 2.05) is 0 Å². The second-order valence-electron chi connectivity index (χ2n) is 13.6. The summed E-state index contributed by atoms with van der Waals surface area (Å²) in [4.78, 5) is 106. The number of nitrogens with zero attached hydrogens (tertiary/aromatic N) is 1. The molecule has 0 bridgehead atoms. The van der Waals surface area contributed by atoms with Crippen molar-refractivity contribution in [3.63, 3.8) is 0 Å². The molecule has 0 aromatic heterocycles. The maximum Gasteiger partial charge on any atom is 0.326 e. The molecule has 1 aromatic carbocycles. The van der Waals surface area contributed by atoms with Gasteiger partial charge in [-0.25, -0.2) is 4.79 Å². The van der Waals surface area contributed by atoms with Gasteiger partial charge in [0.1, 0.15) is 36.3 Å². The van der Waals surface area contributed by atoms with E-state index in [4.69, 9.17) is 17.2 Å². The number of benzene rings is 1. The van der Waals surface area contributed by atoms with Crippen LogP contribution in [0.1, 0.15) is 65.4 Å². The van der Waals surface area contributed by atoms with Gasteiger partial charge in [0.15, 0.2) is 5.96 Å². The number of nitrogens with two attached hydrogens (primary N) is 3. The third kappa shape index (κ3) is 18.5. The number of aliphatic hydroxyl groups excluding tert-OH is 1. The van der Waals surface area contributed by atoms with Crippen LogP contribution in [0.5, 0.6) is 0 Å². The Kier molecular flexibility index (Phi) is 21.1. The third-order valence-corrected chi connectivity index (χ3v) is 8.06. The molecule has 6 amide bonds. The lowest BCUT2D eigenvalue weighted by molar-refractivity contribution is -0.142. The Morgan fingerprint density at radius 3 is 1.71 bits per heavy atom. The number of carbonyl (C=O) groups excluding carboxylic acids is 6. The topological polar surface area (TPSA) is 360 Å². The maximum atomic E-state index is 13.5. The molecule has 0 fully saturated rings. The van der Waals surface area contributed by atoms with Crippen LogP contribution in [0.3, 0.4) is 0 Å². The van der Waals surface area contributed by atoms with Gasteiger partial charge >= 0.3 is 11.9 Å². The smallest absolute Gasteiger partial charge is 0.326 e. The highest BCUT2D eigenvalue weighted by Crippen LogP contribution is 2.10. The minimum absolute atomic E-state index is 0.0174. The number of amides is 6. The quantitative estimate of drug-likeness (QED) is 0.0260. The van der Waals surface area contributed by atoms with Crippen LogP contribution in [0.4, 0.5) is 0 Å². The van der Waals surface area contributed by atoms with Gasteiger partial charge in [-0.1, -0.05) is 44.2 Å². The number of hydrogen-bond acceptors (Lipinski definition) is 11. The largest absolute Gasteiger partial charge is 0.481 e. The summed E-state index contributed by atoms with van der Waals surface area (Å²) in [6.07, 6.45) is -0.133. The summed E-state index contributed by atoms with van der Waals surface area (Å²) in [5.74, 6) is -8.63. The number of carboxylic acids is 2. The molecule has 21 nitrogen and oxygen atoms in total. The molecule has 1 aromatic rings. The molecule has 56 heavy (non-hydrogen) atoms. The molecule has 0 saturated heterocycles. The molecule has 0 aliphatic heterocycles. The van der Waals surface area contributed by atoms with Crippen LogP contribution in [0.25, 0.3) is 0 Å². The molecule has 0 heterocycles. The predicted octanol–water partition coefficient (Wildman–Crippen LogP) is -3.45. The SMILES string of the molecule is CC(C)C[C@H](NC(=O)[C@H](Cc1ccccc1)NC(=O)[C@H](C)N)C(=O)N[C@@H](CC(=O)O)C(=O)N[C@@H](C)C(=O)N[C@@H](CO)C(=O)N[C@@H](CCCCN=C(N)N)C(=O)O. The lowest BCUT2D eigenvalue weighted by Crippen LogP contribution is -2.60. The van der Waals surface area contributed by atoms with Crippen LogP contribution in [-0.2, 0) is 44.8 Å². The van der Waals surface area contributed by atoms with Crippen molar-refractivity contribution in [2.45, 2.75) is 109 Å². The van der Waals surface area contributed by atoms with Crippen LogP contribution < -0.4 is 49.1 Å². The number of hydrogen-bond donors (Lipinski definition) is 12. The molecule has 0 aliphatic carbocycles. The number of aliphatic hydroxyl groups is 1. The van der Waals surface area contributed by atoms with Gasteiger partial charge < -0.3 is 64.4 Å². The first-order valence-electron chi connectivity index (χ1n) is 18.0. The Bertz CT molecular complexity index is 1540. The molecule has 1 rings (SSSR count). The van der Waals surface area contributed by atoms with E-state index in [0.717, 1.165) is 0 Å². The van der Waals surface area contributed by atoms with E-state index in [-0.39, 0.29) is 37.7 Å². The molecule has 7 atom stereocenters. The van der Waals surface area contributed by atoms with Crippen LogP contribution in [0.15, 0.2) is 35.3 Å². The summed E-state index contributed by atoms with van der Waals surface area (Å²) in [5, 5.41) is 43.0. The zero-order valence-corrected chi connectivity index (χ0v) is 31.9. The van der Waals surface area contributed by atoms with E-state index in [1.165, 1.54) is 13.8 Å². The van der Waals surface area contributed by atoms with E-state index >= 15 is 0 Å². The van der Waals surface area contributed by atoms with Crippen LogP contribution in [0, 0.1) is 5.92 Å². The first kappa shape index (κ1) is 48.2. The van der Waals surface area contributed by atoms with Gasteiger partial charge in [-0.15, -0.1) is 0 Å². The summed E-state index contributed by atoms with van der Waals surface area (Å²) in [6.45, 7) is 5.41. The average molecular weight is 793 g/mol. The maximum absolute atomic E-state index is 13.5. The van der Waals surface area contributed by atoms with Gasteiger partial charge in [-0.3, -0.25) is 38.6 Å². The average Bonchev–Trinajstić information content (AvgIpc) is 3.11. The van der Waals surface area contributed by atoms with Gasteiger partial charge in [0, 0.05) is 13.0 Å². The molecule has 0 unspecified atom stereocenters. The number of carboxylic acid groups (broad SMARTS) is 2. The fourth-order valence-electron chi connectivity index (χ4n) is 5.06. The third-order valence-electron chi connectivity index (χ3n) is 8.06. The Labute approximate surface area is 324 Å². The standard InChI is InChI=1S/C35H56N10O11/c1-18(2)14-23(43-32(53)24(42-28(49)19(3)36)15-21-10-6-5-7-11-21)31(52)44-25(16-27(47)48)30(51)40-20(4)29(50)45-26(17-46)33(54)41-22(34(55)56)12-8-9-13-39-35(37)38/h5-7,10-11,18-20,22-26,46H,8-9,12-17,36H2,1-4H3,(H,40,51)(H,41,54)(H,42,49)(H,43,53)(H,44,52)(H,45,50)(H,47,48)(H,55,56)(H4,37,38,39)/t19-,20-,22-,23-,24-,25-,26-/m0/s1. The number of aliphatic carboxylic acids is 2. The van der Waals surface area contributed by atoms with E-state index in [1.54, 1.807) is 44.2 Å². The summed E-state index contributed by atoms with van der Waals surface area (Å²) in [7, 11) is 0. The van der Waals surface area contributed by atoms with Gasteiger partial charge in [-0.05, 0) is 51.0 Å². The molecule has 21 heteroatoms. The lowest BCUT2D eigenvalue weighted by atomic mass is 10.0. The number of rotatable bonds is 25. The van der Waals surface area contributed by atoms with Crippen molar-refractivity contribution in [3.8, 4) is 0 Å². The Hall–Kier alpha value is -5.83. The van der Waals surface area contributed by atoms with Gasteiger partial charge in [-0.2, -0.15) is 0 Å². The fourth-order valence-corrected chi connectivity index (χ4v) is 5.06. The molecule has 312 valence electrons. The molecular formula is C35H56N10O11. The Balaban J connectivity index is 3.05. The molecule has 0 spiro atoms. The van der Waals surface area contributed by atoms with Gasteiger partial charge in [0.25, 0.3) is 0 Å². The summed E-state index contributed by atoms with van der Waals surface area (Å²) in [6, 6.07) is -0.886. The number of carbonyl (C=O) groups is 8. The minimum atomic E-state index is -1.75. The van der Waals surface area contributed by atoms with E-state index < -0.39 is 103 Å². The van der Waals surface area contributed by atoms with E-state index in [0.29, 0.717) is 18.4 Å². The van der Waals surface area contributed by atoms with Crippen molar-refractivity contribution in [1.82, 2.24) is 31.9 Å². The Morgan fingerprint density at radius 1 is 0.661 bits per heavy atom. The van der Waals surface area contributed by atoms with Crippen LogP contribution in [-0.4, -0.2) is 124 Å². The summed E-state index contributed by atoms with van der Waals surface area (Å²) >= 11 is 0. The summed E-state index contributed by atoms with van der Waals surface area (Å²) in [5.41, 5.74) is 16.9. The normalized spacial score (nSPS) is 14.6. The van der Waals surface area contributed by atoms with Gasteiger partial charge in [0.2, 0.25) is 35.4 Å². The van der Waals surface area contributed by atoms with Crippen molar-refractivity contribution in [3.05, 3.63) is 35.9 Å². The Morgan fingerprint density at radius 2 is 1.18 bits per heavy atom. The second-order valence-corrected chi connectivity index (χ2v) is 13.6. The van der Waals surface area contributed by atoms with Crippen LogP contribution >= 0.6 is 0 Å².